The number of hydrogen-bond donors (Lipinski definition) is 2. The molecule has 0 saturated carbocycles. The summed E-state index contributed by atoms with van der Waals surface area (Å²) in [6, 6.07) is 5.75. The van der Waals surface area contributed by atoms with E-state index in [2.05, 4.69) is 22.5 Å². The predicted molar refractivity (Wildman–Crippen MR) is 94.7 cm³/mol. The number of carbonyl (C=O) groups is 1. The first-order chi connectivity index (χ1) is 9.66. The number of amides is 1. The van der Waals surface area contributed by atoms with Crippen LogP contribution in [-0.4, -0.2) is 24.0 Å². The van der Waals surface area contributed by atoms with Gasteiger partial charge in [0.25, 0.3) is 0 Å². The molecule has 1 fully saturated rings. The highest BCUT2D eigenvalue weighted by Crippen LogP contribution is 2.22. The normalized spacial score (nSPS) is 20.0. The van der Waals surface area contributed by atoms with E-state index < -0.39 is 0 Å². The molecule has 0 aromatic carbocycles. The Morgan fingerprint density at radius 2 is 2.18 bits per heavy atom. The van der Waals surface area contributed by atoms with E-state index >= 15 is 0 Å². The van der Waals surface area contributed by atoms with Crippen LogP contribution in [0, 0.1) is 11.8 Å². The van der Waals surface area contributed by atoms with Crippen LogP contribution in [0.25, 0.3) is 0 Å². The molecular formula is C16H27Cl2N3O. The molecule has 1 amide bonds. The van der Waals surface area contributed by atoms with E-state index in [0.29, 0.717) is 18.3 Å². The maximum absolute atomic E-state index is 12.1. The monoisotopic (exact) mass is 347 g/mol. The maximum atomic E-state index is 12.1. The first kappa shape index (κ1) is 21.2. The van der Waals surface area contributed by atoms with Crippen molar-refractivity contribution in [1.29, 1.82) is 0 Å². The van der Waals surface area contributed by atoms with E-state index in [1.807, 2.05) is 25.1 Å². The summed E-state index contributed by atoms with van der Waals surface area (Å²) in [5.41, 5.74) is 0.910. The maximum Gasteiger partial charge on any atom is 0.220 e. The summed E-state index contributed by atoms with van der Waals surface area (Å²) < 4.78 is 0. The number of rotatable bonds is 5. The molecule has 1 aromatic rings. The smallest absolute Gasteiger partial charge is 0.220 e. The third-order valence-corrected chi connectivity index (χ3v) is 4.16. The second-order valence-corrected chi connectivity index (χ2v) is 5.83. The average Bonchev–Trinajstić information content (AvgIpc) is 2.49. The van der Waals surface area contributed by atoms with Gasteiger partial charge >= 0.3 is 0 Å². The zero-order valence-electron chi connectivity index (χ0n) is 13.2. The zero-order chi connectivity index (χ0) is 14.4. The number of aromatic nitrogens is 1. The third kappa shape index (κ3) is 6.51. The fraction of sp³-hybridized carbons (Fsp3) is 0.625. The minimum atomic E-state index is -0.0274. The number of nitrogens with zero attached hydrogens (tertiary/aromatic N) is 1. The molecule has 126 valence electrons. The SMILES string of the molecule is CC(NC(=O)CC(C)C1CCCNC1)c1ccccn1.Cl.Cl. The second-order valence-electron chi connectivity index (χ2n) is 5.83. The molecule has 1 aromatic heterocycles. The van der Waals surface area contributed by atoms with E-state index in [1.54, 1.807) is 6.20 Å². The summed E-state index contributed by atoms with van der Waals surface area (Å²) in [7, 11) is 0. The molecule has 6 heteroatoms. The molecule has 2 heterocycles. The summed E-state index contributed by atoms with van der Waals surface area (Å²) in [4.78, 5) is 16.4. The first-order valence-electron chi connectivity index (χ1n) is 7.58. The van der Waals surface area contributed by atoms with Crippen molar-refractivity contribution in [3.63, 3.8) is 0 Å². The lowest BCUT2D eigenvalue weighted by molar-refractivity contribution is -0.123. The van der Waals surface area contributed by atoms with Crippen LogP contribution in [-0.2, 0) is 4.79 Å². The lowest BCUT2D eigenvalue weighted by Crippen LogP contribution is -2.36. The quantitative estimate of drug-likeness (QED) is 0.860. The van der Waals surface area contributed by atoms with Crippen molar-refractivity contribution < 1.29 is 4.79 Å². The number of hydrogen-bond acceptors (Lipinski definition) is 3. The Balaban J connectivity index is 0.00000220. The topological polar surface area (TPSA) is 54.0 Å². The van der Waals surface area contributed by atoms with E-state index in [0.717, 1.165) is 18.8 Å². The molecule has 1 aliphatic rings. The highest BCUT2D eigenvalue weighted by Gasteiger charge is 2.22. The average molecular weight is 348 g/mol. The van der Waals surface area contributed by atoms with E-state index in [4.69, 9.17) is 0 Å². The van der Waals surface area contributed by atoms with Gasteiger partial charge in [0.05, 0.1) is 11.7 Å². The fourth-order valence-corrected chi connectivity index (χ4v) is 2.83. The summed E-state index contributed by atoms with van der Waals surface area (Å²) in [5, 5.41) is 6.46. The molecule has 0 radical (unpaired) electrons. The van der Waals surface area contributed by atoms with Gasteiger partial charge in [-0.25, -0.2) is 0 Å². The van der Waals surface area contributed by atoms with Crippen molar-refractivity contribution in [2.75, 3.05) is 13.1 Å². The van der Waals surface area contributed by atoms with Crippen LogP contribution < -0.4 is 10.6 Å². The number of nitrogens with one attached hydrogen (secondary N) is 2. The third-order valence-electron chi connectivity index (χ3n) is 4.16. The molecule has 3 atom stereocenters. The number of halogens is 2. The summed E-state index contributed by atoms with van der Waals surface area (Å²) >= 11 is 0. The number of pyridine rings is 1. The number of piperidine rings is 1. The van der Waals surface area contributed by atoms with Gasteiger partial charge in [-0.3, -0.25) is 9.78 Å². The van der Waals surface area contributed by atoms with Crippen LogP contribution in [0.1, 0.15) is 44.8 Å². The van der Waals surface area contributed by atoms with Gasteiger partial charge in [-0.1, -0.05) is 13.0 Å². The van der Waals surface area contributed by atoms with E-state index in [1.165, 1.54) is 12.8 Å². The summed E-state index contributed by atoms with van der Waals surface area (Å²) in [6.45, 7) is 6.33. The lowest BCUT2D eigenvalue weighted by Gasteiger charge is -2.28. The van der Waals surface area contributed by atoms with Gasteiger partial charge in [-0.2, -0.15) is 0 Å². The Labute approximate surface area is 145 Å². The summed E-state index contributed by atoms with van der Waals surface area (Å²) in [6.07, 6.45) is 4.82. The second kappa shape index (κ2) is 10.8. The molecule has 0 bridgehead atoms. The molecular weight excluding hydrogens is 321 g/mol. The van der Waals surface area contributed by atoms with Crippen LogP contribution in [0.3, 0.4) is 0 Å². The molecule has 1 saturated heterocycles. The van der Waals surface area contributed by atoms with Crippen LogP contribution in [0.2, 0.25) is 0 Å². The lowest BCUT2D eigenvalue weighted by atomic mass is 9.85. The van der Waals surface area contributed by atoms with Gasteiger partial charge in [0.2, 0.25) is 5.91 Å². The highest BCUT2D eigenvalue weighted by molar-refractivity contribution is 5.85. The molecule has 2 rings (SSSR count). The van der Waals surface area contributed by atoms with E-state index in [-0.39, 0.29) is 36.8 Å². The van der Waals surface area contributed by atoms with Crippen LogP contribution >= 0.6 is 24.8 Å². The molecule has 2 N–H and O–H groups in total. The van der Waals surface area contributed by atoms with Crippen molar-refractivity contribution in [2.24, 2.45) is 11.8 Å². The molecule has 0 aliphatic carbocycles. The van der Waals surface area contributed by atoms with Gasteiger partial charge in [-0.05, 0) is 56.8 Å². The van der Waals surface area contributed by atoms with Crippen LogP contribution in [0.5, 0.6) is 0 Å². The van der Waals surface area contributed by atoms with E-state index in [9.17, 15) is 4.79 Å². The van der Waals surface area contributed by atoms with Gasteiger partial charge in [-0.15, -0.1) is 24.8 Å². The van der Waals surface area contributed by atoms with Crippen LogP contribution in [0.4, 0.5) is 0 Å². The van der Waals surface area contributed by atoms with Gasteiger partial charge in [0, 0.05) is 12.6 Å². The van der Waals surface area contributed by atoms with Crippen molar-refractivity contribution >= 4 is 30.7 Å². The molecule has 4 nitrogen and oxygen atoms in total. The van der Waals surface area contributed by atoms with Gasteiger partial charge in [0.15, 0.2) is 0 Å². The molecule has 3 unspecified atom stereocenters. The standard InChI is InChI=1S/C16H25N3O.2ClH/c1-12(14-6-5-8-17-11-14)10-16(20)19-13(2)15-7-3-4-9-18-15;;/h3-4,7,9,12-14,17H,5-6,8,10-11H2,1-2H3,(H,19,20);2*1H. The van der Waals surface area contributed by atoms with Crippen molar-refractivity contribution in [1.82, 2.24) is 15.6 Å². The molecule has 0 spiro atoms. The summed E-state index contributed by atoms with van der Waals surface area (Å²) in [5.74, 6) is 1.18. The van der Waals surface area contributed by atoms with Crippen LogP contribution in [0.15, 0.2) is 24.4 Å². The first-order valence-corrected chi connectivity index (χ1v) is 7.58. The predicted octanol–water partition coefficient (Wildman–Crippen LogP) is 3.13. The van der Waals surface area contributed by atoms with Gasteiger partial charge < -0.3 is 10.6 Å². The largest absolute Gasteiger partial charge is 0.348 e. The van der Waals surface area contributed by atoms with Crippen molar-refractivity contribution in [3.8, 4) is 0 Å². The Bertz CT molecular complexity index is 425. The zero-order valence-corrected chi connectivity index (χ0v) is 14.9. The Morgan fingerprint density at radius 3 is 2.77 bits per heavy atom. The molecule has 22 heavy (non-hydrogen) atoms. The molecule has 1 aliphatic heterocycles. The fourth-order valence-electron chi connectivity index (χ4n) is 2.83. The number of carbonyl (C=O) groups excluding carboxylic acids is 1. The highest BCUT2D eigenvalue weighted by atomic mass is 35.5. The Hall–Kier alpha value is -0.840. The Kier molecular flexibility index (Phi) is 10.4. The Morgan fingerprint density at radius 1 is 1.41 bits per heavy atom. The van der Waals surface area contributed by atoms with Crippen molar-refractivity contribution in [3.05, 3.63) is 30.1 Å². The van der Waals surface area contributed by atoms with Gasteiger partial charge in [0.1, 0.15) is 0 Å². The van der Waals surface area contributed by atoms with Crippen molar-refractivity contribution in [2.45, 2.75) is 39.2 Å². The minimum absolute atomic E-state index is 0. The minimum Gasteiger partial charge on any atom is -0.348 e.